The van der Waals surface area contributed by atoms with Crippen molar-refractivity contribution < 1.29 is 14.3 Å². The minimum absolute atomic E-state index is 0.0927. The van der Waals surface area contributed by atoms with Crippen molar-refractivity contribution in [3.05, 3.63) is 95.6 Å². The summed E-state index contributed by atoms with van der Waals surface area (Å²) in [5, 5.41) is 8.55. The number of hydrogen-bond donors (Lipinski definition) is 3. The Hall–Kier alpha value is -3.71. The predicted octanol–water partition coefficient (Wildman–Crippen LogP) is 4.14. The first kappa shape index (κ1) is 22.0. The van der Waals surface area contributed by atoms with Gasteiger partial charge in [-0.05, 0) is 55.0 Å². The molecule has 0 radical (unpaired) electrons. The zero-order valence-electron chi connectivity index (χ0n) is 17.1. The summed E-state index contributed by atoms with van der Waals surface area (Å²) in [5.74, 6) is -0.00924. The molecule has 3 N–H and O–H groups in total. The second-order valence-electron chi connectivity index (χ2n) is 6.58. The quantitative estimate of drug-likeness (QED) is 0.488. The Morgan fingerprint density at radius 2 is 1.65 bits per heavy atom. The molecule has 0 aromatic heterocycles. The highest BCUT2D eigenvalue weighted by Crippen LogP contribution is 2.16. The topological polar surface area (TPSA) is 79.5 Å². The van der Waals surface area contributed by atoms with Gasteiger partial charge in [-0.15, -0.1) is 0 Å². The summed E-state index contributed by atoms with van der Waals surface area (Å²) >= 11 is 5.28. The molecule has 0 saturated carbocycles. The van der Waals surface area contributed by atoms with Crippen LogP contribution < -0.4 is 20.7 Å². The minimum Gasteiger partial charge on any atom is -0.494 e. The van der Waals surface area contributed by atoms with Crippen LogP contribution in [-0.4, -0.2) is 23.5 Å². The molecular weight excluding hydrogens is 410 g/mol. The zero-order valence-corrected chi connectivity index (χ0v) is 17.9. The summed E-state index contributed by atoms with van der Waals surface area (Å²) in [6.07, 6.45) is 0. The first-order valence-corrected chi connectivity index (χ1v) is 10.2. The van der Waals surface area contributed by atoms with E-state index in [0.29, 0.717) is 35.7 Å². The van der Waals surface area contributed by atoms with Crippen LogP contribution in [0.1, 0.15) is 33.2 Å². The number of nitrogens with one attached hydrogen (secondary N) is 3. The zero-order chi connectivity index (χ0) is 22.1. The Morgan fingerprint density at radius 1 is 0.903 bits per heavy atom. The lowest BCUT2D eigenvalue weighted by molar-refractivity contribution is 0.0950. The standard InChI is InChI=1S/C24H23N3O3S/c1-2-30-19-12-8-11-18(15-19)22(28)27-24(31)26-21-14-7-6-13-20(21)23(29)25-16-17-9-4-3-5-10-17/h3-15H,2,16H2,1H3,(H,25,29)(H2,26,27,28,31). The van der Waals surface area contributed by atoms with E-state index in [1.807, 2.05) is 37.3 Å². The van der Waals surface area contributed by atoms with Crippen LogP contribution in [0.4, 0.5) is 5.69 Å². The van der Waals surface area contributed by atoms with Crippen LogP contribution >= 0.6 is 12.2 Å². The minimum atomic E-state index is -0.370. The van der Waals surface area contributed by atoms with E-state index in [9.17, 15) is 9.59 Å². The molecule has 0 atom stereocenters. The maximum atomic E-state index is 12.7. The number of thiocarbonyl (C=S) groups is 1. The van der Waals surface area contributed by atoms with E-state index in [1.165, 1.54) is 0 Å². The molecule has 7 heteroatoms. The molecule has 31 heavy (non-hydrogen) atoms. The van der Waals surface area contributed by atoms with E-state index in [2.05, 4.69) is 16.0 Å². The molecule has 3 rings (SSSR count). The van der Waals surface area contributed by atoms with E-state index >= 15 is 0 Å². The molecule has 3 aromatic carbocycles. The van der Waals surface area contributed by atoms with E-state index in [-0.39, 0.29) is 16.9 Å². The Labute approximate surface area is 186 Å². The highest BCUT2D eigenvalue weighted by Gasteiger charge is 2.14. The molecular formula is C24H23N3O3S. The summed E-state index contributed by atoms with van der Waals surface area (Å²) in [6.45, 7) is 2.79. The molecule has 6 nitrogen and oxygen atoms in total. The molecule has 0 unspecified atom stereocenters. The van der Waals surface area contributed by atoms with Crippen molar-refractivity contribution in [2.24, 2.45) is 0 Å². The maximum Gasteiger partial charge on any atom is 0.257 e. The summed E-state index contributed by atoms with van der Waals surface area (Å²) in [6, 6.07) is 23.4. The highest BCUT2D eigenvalue weighted by molar-refractivity contribution is 7.80. The van der Waals surface area contributed by atoms with E-state index in [1.54, 1.807) is 48.5 Å². The van der Waals surface area contributed by atoms with Crippen LogP contribution in [0.25, 0.3) is 0 Å². The maximum absolute atomic E-state index is 12.7. The number of carbonyl (C=O) groups is 2. The van der Waals surface area contributed by atoms with Gasteiger partial charge in [0.1, 0.15) is 5.75 Å². The Bertz CT molecular complexity index is 1070. The third-order valence-corrected chi connectivity index (χ3v) is 4.55. The number of benzene rings is 3. The largest absolute Gasteiger partial charge is 0.494 e. The van der Waals surface area contributed by atoms with Gasteiger partial charge in [0.25, 0.3) is 11.8 Å². The lowest BCUT2D eigenvalue weighted by Gasteiger charge is -2.14. The lowest BCUT2D eigenvalue weighted by Crippen LogP contribution is -2.35. The van der Waals surface area contributed by atoms with Gasteiger partial charge in [0.15, 0.2) is 5.11 Å². The molecule has 0 aliphatic heterocycles. The first-order valence-electron chi connectivity index (χ1n) is 9.83. The molecule has 0 aliphatic carbocycles. The van der Waals surface area contributed by atoms with Crippen LogP contribution in [0.5, 0.6) is 5.75 Å². The van der Waals surface area contributed by atoms with E-state index in [0.717, 1.165) is 5.56 Å². The number of carbonyl (C=O) groups excluding carboxylic acids is 2. The third kappa shape index (κ3) is 6.38. The molecule has 0 fully saturated rings. The number of anilines is 1. The molecule has 3 aromatic rings. The monoisotopic (exact) mass is 433 g/mol. The average Bonchev–Trinajstić information content (AvgIpc) is 2.79. The lowest BCUT2D eigenvalue weighted by atomic mass is 10.1. The number of amides is 2. The van der Waals surface area contributed by atoms with Gasteiger partial charge < -0.3 is 15.4 Å². The molecule has 0 bridgehead atoms. The van der Waals surface area contributed by atoms with Gasteiger partial charge in [-0.25, -0.2) is 0 Å². The fourth-order valence-corrected chi connectivity index (χ4v) is 3.09. The molecule has 0 saturated heterocycles. The van der Waals surface area contributed by atoms with E-state index in [4.69, 9.17) is 17.0 Å². The predicted molar refractivity (Wildman–Crippen MR) is 125 cm³/mol. The number of para-hydroxylation sites is 1. The molecule has 0 aliphatic rings. The normalized spacial score (nSPS) is 10.1. The Morgan fingerprint density at radius 3 is 2.42 bits per heavy atom. The first-order chi connectivity index (χ1) is 15.1. The molecule has 0 heterocycles. The van der Waals surface area contributed by atoms with Crippen molar-refractivity contribution in [1.82, 2.24) is 10.6 Å². The van der Waals surface area contributed by atoms with Crippen LogP contribution in [0.3, 0.4) is 0 Å². The van der Waals surface area contributed by atoms with Crippen molar-refractivity contribution in [3.63, 3.8) is 0 Å². The second-order valence-corrected chi connectivity index (χ2v) is 6.99. The van der Waals surface area contributed by atoms with Crippen LogP contribution in [0.15, 0.2) is 78.9 Å². The Balaban J connectivity index is 1.63. The summed E-state index contributed by atoms with van der Waals surface area (Å²) in [5.41, 5.74) is 2.34. The molecule has 0 spiro atoms. The molecule has 2 amide bonds. The third-order valence-electron chi connectivity index (χ3n) is 4.35. The van der Waals surface area contributed by atoms with Gasteiger partial charge in [0.2, 0.25) is 0 Å². The Kier molecular flexibility index (Phi) is 7.73. The highest BCUT2D eigenvalue weighted by atomic mass is 32.1. The van der Waals surface area contributed by atoms with Crippen molar-refractivity contribution in [2.75, 3.05) is 11.9 Å². The van der Waals surface area contributed by atoms with Crippen molar-refractivity contribution >= 4 is 34.8 Å². The summed E-state index contributed by atoms with van der Waals surface area (Å²) < 4.78 is 5.42. The fourth-order valence-electron chi connectivity index (χ4n) is 2.89. The smallest absolute Gasteiger partial charge is 0.257 e. The fraction of sp³-hybridized carbons (Fsp3) is 0.125. The number of rotatable bonds is 7. The van der Waals surface area contributed by atoms with Gasteiger partial charge in [-0.3, -0.25) is 14.9 Å². The van der Waals surface area contributed by atoms with Gasteiger partial charge in [0.05, 0.1) is 17.9 Å². The van der Waals surface area contributed by atoms with Crippen LogP contribution in [0, 0.1) is 0 Å². The van der Waals surface area contributed by atoms with Crippen molar-refractivity contribution in [3.8, 4) is 5.75 Å². The second kappa shape index (κ2) is 10.9. The van der Waals surface area contributed by atoms with Gasteiger partial charge >= 0.3 is 0 Å². The summed E-state index contributed by atoms with van der Waals surface area (Å²) in [7, 11) is 0. The van der Waals surface area contributed by atoms with Crippen molar-refractivity contribution in [1.29, 1.82) is 0 Å². The number of hydrogen-bond acceptors (Lipinski definition) is 4. The van der Waals surface area contributed by atoms with Gasteiger partial charge in [-0.1, -0.05) is 48.5 Å². The van der Waals surface area contributed by atoms with Crippen molar-refractivity contribution in [2.45, 2.75) is 13.5 Å². The van der Waals surface area contributed by atoms with Crippen LogP contribution in [-0.2, 0) is 6.54 Å². The van der Waals surface area contributed by atoms with E-state index < -0.39 is 0 Å². The molecule has 158 valence electrons. The van der Waals surface area contributed by atoms with Crippen LogP contribution in [0.2, 0.25) is 0 Å². The average molecular weight is 434 g/mol. The SMILES string of the molecule is CCOc1cccc(C(=O)NC(=S)Nc2ccccc2C(=O)NCc2ccccc2)c1. The number of ether oxygens (including phenoxy) is 1. The van der Waals surface area contributed by atoms with Gasteiger partial charge in [0, 0.05) is 12.1 Å². The van der Waals surface area contributed by atoms with Gasteiger partial charge in [-0.2, -0.15) is 0 Å². The summed E-state index contributed by atoms with van der Waals surface area (Å²) in [4.78, 5) is 25.2.